The molecule has 2 aromatic carbocycles. The highest BCUT2D eigenvalue weighted by Gasteiger charge is 2.27. The van der Waals surface area contributed by atoms with Crippen molar-refractivity contribution in [2.24, 2.45) is 0 Å². The molecule has 2 heterocycles. The maximum absolute atomic E-state index is 6.00. The number of ether oxygens (including phenoxy) is 2. The Hall–Kier alpha value is -2.72. The smallest absolute Gasteiger partial charge is 0.158 e. The Morgan fingerprint density at radius 1 is 1.00 bits per heavy atom. The predicted molar refractivity (Wildman–Crippen MR) is 99.4 cm³/mol. The Kier molecular flexibility index (Phi) is 4.44. The first-order valence-corrected chi connectivity index (χ1v) is 8.69. The van der Waals surface area contributed by atoms with Crippen LogP contribution in [0.2, 0.25) is 0 Å². The molecule has 1 unspecified atom stereocenters. The van der Waals surface area contributed by atoms with Crippen LogP contribution in [0.3, 0.4) is 0 Å². The molecule has 1 aromatic heterocycles. The van der Waals surface area contributed by atoms with Gasteiger partial charge in [0.05, 0.1) is 13.2 Å². The molecule has 0 N–H and O–H groups in total. The number of hydrogen-bond acceptors (Lipinski definition) is 3. The van der Waals surface area contributed by atoms with Crippen molar-refractivity contribution < 1.29 is 9.47 Å². The van der Waals surface area contributed by atoms with E-state index in [1.165, 1.54) is 5.69 Å². The van der Waals surface area contributed by atoms with E-state index in [2.05, 4.69) is 64.3 Å². The normalized spacial score (nSPS) is 17.0. The fraction of sp³-hybridized carbons (Fsp3) is 0.238. The first-order chi connectivity index (χ1) is 12.3. The van der Waals surface area contributed by atoms with Gasteiger partial charge >= 0.3 is 0 Å². The molecule has 1 saturated heterocycles. The first-order valence-electron chi connectivity index (χ1n) is 8.69. The fourth-order valence-corrected chi connectivity index (χ4v) is 3.23. The number of anilines is 1. The molecular weight excluding hydrogens is 312 g/mol. The van der Waals surface area contributed by atoms with E-state index in [0.717, 1.165) is 30.2 Å². The van der Waals surface area contributed by atoms with Crippen molar-refractivity contribution in [1.29, 1.82) is 0 Å². The molecule has 128 valence electrons. The lowest BCUT2D eigenvalue weighted by atomic mass is 10.2. The lowest BCUT2D eigenvalue weighted by molar-refractivity contribution is 0.114. The molecule has 1 atom stereocenters. The molecule has 1 aliphatic rings. The van der Waals surface area contributed by atoms with Crippen LogP contribution in [-0.2, 0) is 4.74 Å². The Labute approximate surface area is 148 Å². The number of aromatic nitrogens is 1. The lowest BCUT2D eigenvalue weighted by Gasteiger charge is -2.24. The van der Waals surface area contributed by atoms with Gasteiger partial charge in [0.25, 0.3) is 0 Å². The summed E-state index contributed by atoms with van der Waals surface area (Å²) in [5.41, 5.74) is 3.47. The van der Waals surface area contributed by atoms with E-state index < -0.39 is 0 Å². The van der Waals surface area contributed by atoms with Crippen LogP contribution in [-0.4, -0.2) is 24.3 Å². The number of rotatable bonds is 5. The second-order valence-electron chi connectivity index (χ2n) is 6.03. The average molecular weight is 334 g/mol. The van der Waals surface area contributed by atoms with Crippen molar-refractivity contribution >= 4 is 5.69 Å². The SMILES string of the molecule is CCOc1ccc(-n2ccc(C3OCCN3c3ccccc3)c2)cc1. The van der Waals surface area contributed by atoms with Gasteiger partial charge in [-0.1, -0.05) is 18.2 Å². The van der Waals surface area contributed by atoms with Crippen LogP contribution in [0.15, 0.2) is 73.1 Å². The maximum atomic E-state index is 6.00. The number of benzene rings is 2. The van der Waals surface area contributed by atoms with E-state index in [0.29, 0.717) is 6.61 Å². The second kappa shape index (κ2) is 7.03. The molecule has 0 amide bonds. The molecule has 0 spiro atoms. The van der Waals surface area contributed by atoms with Gasteiger partial charge in [-0.3, -0.25) is 0 Å². The lowest BCUT2D eigenvalue weighted by Crippen LogP contribution is -2.22. The molecule has 4 rings (SSSR count). The van der Waals surface area contributed by atoms with Crippen molar-refractivity contribution in [1.82, 2.24) is 4.57 Å². The summed E-state index contributed by atoms with van der Waals surface area (Å²) in [6.45, 7) is 4.32. The van der Waals surface area contributed by atoms with Crippen LogP contribution in [0.25, 0.3) is 5.69 Å². The molecule has 4 nitrogen and oxygen atoms in total. The summed E-state index contributed by atoms with van der Waals surface area (Å²) >= 11 is 0. The quantitative estimate of drug-likeness (QED) is 0.691. The van der Waals surface area contributed by atoms with Crippen molar-refractivity contribution in [3.63, 3.8) is 0 Å². The van der Waals surface area contributed by atoms with Gasteiger partial charge in [0.1, 0.15) is 5.75 Å². The van der Waals surface area contributed by atoms with Crippen LogP contribution in [0, 0.1) is 0 Å². The molecular formula is C21H22N2O2. The number of nitrogens with zero attached hydrogens (tertiary/aromatic N) is 2. The van der Waals surface area contributed by atoms with Gasteiger partial charge in [0.15, 0.2) is 6.23 Å². The Bertz CT molecular complexity index is 811. The van der Waals surface area contributed by atoms with Crippen molar-refractivity contribution in [2.75, 3.05) is 24.7 Å². The Balaban J connectivity index is 1.56. The topological polar surface area (TPSA) is 26.6 Å². The largest absolute Gasteiger partial charge is 0.494 e. The van der Waals surface area contributed by atoms with E-state index in [1.54, 1.807) is 0 Å². The highest BCUT2D eigenvalue weighted by molar-refractivity contribution is 5.49. The van der Waals surface area contributed by atoms with Crippen LogP contribution < -0.4 is 9.64 Å². The molecule has 3 aromatic rings. The molecule has 1 fully saturated rings. The van der Waals surface area contributed by atoms with E-state index >= 15 is 0 Å². The highest BCUT2D eigenvalue weighted by atomic mass is 16.5. The van der Waals surface area contributed by atoms with Gasteiger partial charge in [-0.2, -0.15) is 0 Å². The summed E-state index contributed by atoms with van der Waals surface area (Å²) in [5, 5.41) is 0. The third kappa shape index (κ3) is 3.26. The second-order valence-corrected chi connectivity index (χ2v) is 6.03. The maximum Gasteiger partial charge on any atom is 0.158 e. The van der Waals surface area contributed by atoms with Gasteiger partial charge in [0.2, 0.25) is 0 Å². The zero-order valence-electron chi connectivity index (χ0n) is 14.3. The zero-order chi connectivity index (χ0) is 17.1. The predicted octanol–water partition coefficient (Wildman–Crippen LogP) is 4.41. The molecule has 0 saturated carbocycles. The summed E-state index contributed by atoms with van der Waals surface area (Å²) < 4.78 is 13.6. The third-order valence-corrected chi connectivity index (χ3v) is 4.43. The zero-order valence-corrected chi connectivity index (χ0v) is 14.3. The van der Waals surface area contributed by atoms with Gasteiger partial charge < -0.3 is 18.9 Å². The van der Waals surface area contributed by atoms with Gasteiger partial charge in [-0.15, -0.1) is 0 Å². The minimum absolute atomic E-state index is 0.0358. The Morgan fingerprint density at radius 3 is 2.56 bits per heavy atom. The summed E-state index contributed by atoms with van der Waals surface area (Å²) in [5.74, 6) is 0.896. The standard InChI is InChI=1S/C21H22N2O2/c1-2-24-20-10-8-18(9-11-20)22-13-12-17(16-22)21-23(14-15-25-21)19-6-4-3-5-7-19/h3-13,16,21H,2,14-15H2,1H3. The molecule has 4 heteroatoms. The van der Waals surface area contributed by atoms with Crippen LogP contribution >= 0.6 is 0 Å². The molecule has 0 radical (unpaired) electrons. The summed E-state index contributed by atoms with van der Waals surface area (Å²) in [4.78, 5) is 2.30. The number of hydrogen-bond donors (Lipinski definition) is 0. The minimum Gasteiger partial charge on any atom is -0.494 e. The summed E-state index contributed by atoms with van der Waals surface area (Å²) in [6.07, 6.45) is 4.18. The molecule has 0 bridgehead atoms. The first kappa shape index (κ1) is 15.8. The fourth-order valence-electron chi connectivity index (χ4n) is 3.23. The van der Waals surface area contributed by atoms with Crippen molar-refractivity contribution in [2.45, 2.75) is 13.2 Å². The van der Waals surface area contributed by atoms with E-state index in [4.69, 9.17) is 9.47 Å². The minimum atomic E-state index is -0.0358. The highest BCUT2D eigenvalue weighted by Crippen LogP contribution is 2.32. The van der Waals surface area contributed by atoms with E-state index in [1.807, 2.05) is 25.1 Å². The van der Waals surface area contributed by atoms with E-state index in [9.17, 15) is 0 Å². The molecule has 25 heavy (non-hydrogen) atoms. The summed E-state index contributed by atoms with van der Waals surface area (Å²) in [7, 11) is 0. The van der Waals surface area contributed by atoms with Crippen LogP contribution in [0.4, 0.5) is 5.69 Å². The Morgan fingerprint density at radius 2 is 1.80 bits per heavy atom. The van der Waals surface area contributed by atoms with Crippen molar-refractivity contribution in [3.8, 4) is 11.4 Å². The summed E-state index contributed by atoms with van der Waals surface area (Å²) in [6, 6.07) is 20.7. The van der Waals surface area contributed by atoms with Crippen LogP contribution in [0.1, 0.15) is 18.7 Å². The molecule has 0 aliphatic carbocycles. The van der Waals surface area contributed by atoms with Gasteiger partial charge in [0, 0.05) is 35.9 Å². The van der Waals surface area contributed by atoms with E-state index in [-0.39, 0.29) is 6.23 Å². The van der Waals surface area contributed by atoms with Crippen LogP contribution in [0.5, 0.6) is 5.75 Å². The molecule has 1 aliphatic heterocycles. The number of para-hydroxylation sites is 1. The third-order valence-electron chi connectivity index (χ3n) is 4.43. The van der Waals surface area contributed by atoms with Crippen molar-refractivity contribution in [3.05, 3.63) is 78.6 Å². The monoisotopic (exact) mass is 334 g/mol. The average Bonchev–Trinajstić information content (AvgIpc) is 3.33. The van der Waals surface area contributed by atoms with Gasteiger partial charge in [-0.25, -0.2) is 0 Å². The van der Waals surface area contributed by atoms with Gasteiger partial charge in [-0.05, 0) is 49.4 Å².